The molecule has 2 heterocycles. The minimum absolute atomic E-state index is 0.102. The summed E-state index contributed by atoms with van der Waals surface area (Å²) >= 11 is 4.83. The molecule has 0 saturated carbocycles. The van der Waals surface area contributed by atoms with E-state index in [2.05, 4.69) is 20.9 Å². The van der Waals surface area contributed by atoms with E-state index >= 15 is 0 Å². The molecule has 0 atom stereocenters. The number of aromatic nitrogens is 1. The lowest BCUT2D eigenvalue weighted by molar-refractivity contribution is 0.0989. The molecule has 2 rings (SSSR count). The van der Waals surface area contributed by atoms with Crippen molar-refractivity contribution in [2.45, 2.75) is 6.42 Å². The zero-order chi connectivity index (χ0) is 11.5. The van der Waals surface area contributed by atoms with Crippen LogP contribution in [0.2, 0.25) is 0 Å². The van der Waals surface area contributed by atoms with Crippen molar-refractivity contribution < 1.29 is 9.18 Å². The van der Waals surface area contributed by atoms with Crippen LogP contribution in [-0.2, 0) is 6.42 Å². The van der Waals surface area contributed by atoms with Gasteiger partial charge in [-0.15, -0.1) is 11.3 Å². The molecule has 0 saturated heterocycles. The molecule has 0 unspecified atom stereocenters. The second-order valence-corrected chi connectivity index (χ2v) is 5.10. The van der Waals surface area contributed by atoms with Crippen LogP contribution < -0.4 is 0 Å². The molecule has 0 aliphatic heterocycles. The van der Waals surface area contributed by atoms with Gasteiger partial charge in [0.15, 0.2) is 5.78 Å². The van der Waals surface area contributed by atoms with Crippen LogP contribution in [0.1, 0.15) is 15.4 Å². The molecule has 0 N–H and O–H groups in total. The number of ketones is 1. The van der Waals surface area contributed by atoms with Crippen molar-refractivity contribution in [1.82, 2.24) is 4.98 Å². The highest BCUT2D eigenvalue weighted by Crippen LogP contribution is 2.21. The molecule has 0 aliphatic carbocycles. The van der Waals surface area contributed by atoms with Crippen molar-refractivity contribution in [2.24, 2.45) is 0 Å². The number of Topliss-reactive ketones (excluding diaryl/α,β-unsaturated/α-hetero) is 1. The molecule has 2 aromatic rings. The first kappa shape index (κ1) is 11.4. The molecule has 82 valence electrons. The van der Waals surface area contributed by atoms with Gasteiger partial charge in [0.2, 0.25) is 0 Å². The molecule has 2 aromatic heterocycles. The van der Waals surface area contributed by atoms with E-state index < -0.39 is 5.82 Å². The Morgan fingerprint density at radius 2 is 2.31 bits per heavy atom. The molecule has 0 fully saturated rings. The number of hydrogen-bond donors (Lipinski definition) is 0. The van der Waals surface area contributed by atoms with Crippen LogP contribution in [0, 0.1) is 5.82 Å². The molecule has 0 spiro atoms. The summed E-state index contributed by atoms with van der Waals surface area (Å²) in [5.41, 5.74) is 0.297. The van der Waals surface area contributed by atoms with Crippen LogP contribution in [0.3, 0.4) is 0 Å². The highest BCUT2D eigenvalue weighted by atomic mass is 79.9. The van der Waals surface area contributed by atoms with Crippen LogP contribution in [0.5, 0.6) is 0 Å². The van der Waals surface area contributed by atoms with Crippen LogP contribution in [0.4, 0.5) is 4.39 Å². The van der Waals surface area contributed by atoms with Crippen LogP contribution >= 0.6 is 27.3 Å². The van der Waals surface area contributed by atoms with Gasteiger partial charge in [0.1, 0.15) is 11.5 Å². The van der Waals surface area contributed by atoms with Gasteiger partial charge in [-0.1, -0.05) is 0 Å². The predicted octanol–water partition coefficient (Wildman–Crippen LogP) is 3.47. The van der Waals surface area contributed by atoms with E-state index in [0.717, 1.165) is 15.5 Å². The first-order valence-electron chi connectivity index (χ1n) is 4.53. The average molecular weight is 300 g/mol. The molecule has 0 aliphatic rings. The van der Waals surface area contributed by atoms with Gasteiger partial charge in [0, 0.05) is 21.2 Å². The van der Waals surface area contributed by atoms with Gasteiger partial charge in [-0.2, -0.15) is 0 Å². The van der Waals surface area contributed by atoms with Crippen LogP contribution in [0.25, 0.3) is 0 Å². The van der Waals surface area contributed by atoms with Gasteiger partial charge < -0.3 is 0 Å². The number of thiophene rings is 1. The summed E-state index contributed by atoms with van der Waals surface area (Å²) in [5.74, 6) is -0.537. The molecular weight excluding hydrogens is 293 g/mol. The Morgan fingerprint density at radius 3 is 2.88 bits per heavy atom. The Balaban J connectivity index is 2.11. The van der Waals surface area contributed by atoms with Crippen molar-refractivity contribution in [1.29, 1.82) is 0 Å². The fraction of sp³-hybridized carbons (Fsp3) is 0.0909. The maximum atomic E-state index is 12.6. The number of carbonyl (C=O) groups is 1. The summed E-state index contributed by atoms with van der Waals surface area (Å²) in [6, 6.07) is 4.54. The average Bonchev–Trinajstić information content (AvgIpc) is 2.65. The fourth-order valence-corrected chi connectivity index (χ4v) is 2.69. The monoisotopic (exact) mass is 299 g/mol. The molecule has 0 radical (unpaired) electrons. The minimum atomic E-state index is -0.435. The van der Waals surface area contributed by atoms with Gasteiger partial charge in [0.25, 0.3) is 0 Å². The van der Waals surface area contributed by atoms with Gasteiger partial charge in [-0.25, -0.2) is 4.39 Å². The van der Waals surface area contributed by atoms with E-state index in [4.69, 9.17) is 0 Å². The first-order valence-corrected chi connectivity index (χ1v) is 6.20. The molecular formula is C11H7BrFNOS. The minimum Gasteiger partial charge on any atom is -0.292 e. The SMILES string of the molecule is O=C(Cc1cc(Br)cs1)c1ccc(F)cn1. The lowest BCUT2D eigenvalue weighted by Gasteiger charge is -1.97. The van der Waals surface area contributed by atoms with Crippen molar-refractivity contribution in [2.75, 3.05) is 0 Å². The Hall–Kier alpha value is -1.07. The second-order valence-electron chi connectivity index (χ2n) is 3.19. The van der Waals surface area contributed by atoms with E-state index in [9.17, 15) is 9.18 Å². The first-order chi connectivity index (χ1) is 7.65. The zero-order valence-corrected chi connectivity index (χ0v) is 10.5. The Labute approximate surface area is 104 Å². The predicted molar refractivity (Wildman–Crippen MR) is 64.2 cm³/mol. The Morgan fingerprint density at radius 1 is 1.50 bits per heavy atom. The third-order valence-electron chi connectivity index (χ3n) is 1.97. The summed E-state index contributed by atoms with van der Waals surface area (Å²) in [5, 5.41) is 1.92. The number of nitrogens with zero attached hydrogens (tertiary/aromatic N) is 1. The van der Waals surface area contributed by atoms with Gasteiger partial charge in [-0.3, -0.25) is 9.78 Å². The maximum Gasteiger partial charge on any atom is 0.186 e. The standard InChI is InChI=1S/C11H7BrFNOS/c12-7-3-9(16-6-7)4-11(15)10-2-1-8(13)5-14-10/h1-3,5-6H,4H2. The van der Waals surface area contributed by atoms with E-state index in [-0.39, 0.29) is 5.78 Å². The van der Waals surface area contributed by atoms with Crippen molar-refractivity contribution in [3.05, 3.63) is 50.6 Å². The van der Waals surface area contributed by atoms with E-state index in [1.165, 1.54) is 23.5 Å². The smallest absolute Gasteiger partial charge is 0.186 e. The van der Waals surface area contributed by atoms with Gasteiger partial charge in [-0.05, 0) is 34.1 Å². The van der Waals surface area contributed by atoms with Gasteiger partial charge in [0.05, 0.1) is 6.20 Å². The lowest BCUT2D eigenvalue weighted by Crippen LogP contribution is -2.04. The Kier molecular flexibility index (Phi) is 3.46. The molecule has 5 heteroatoms. The van der Waals surface area contributed by atoms with Crippen LogP contribution in [-0.4, -0.2) is 10.8 Å². The quantitative estimate of drug-likeness (QED) is 0.812. The highest BCUT2D eigenvalue weighted by Gasteiger charge is 2.09. The summed E-state index contributed by atoms with van der Waals surface area (Å²) in [6.07, 6.45) is 1.35. The second kappa shape index (κ2) is 4.84. The summed E-state index contributed by atoms with van der Waals surface area (Å²) < 4.78 is 13.6. The van der Waals surface area contributed by atoms with E-state index in [1.807, 2.05) is 11.4 Å². The molecule has 0 bridgehead atoms. The van der Waals surface area contributed by atoms with Crippen molar-refractivity contribution in [3.63, 3.8) is 0 Å². The number of carbonyl (C=O) groups excluding carboxylic acids is 1. The normalized spacial score (nSPS) is 10.4. The number of pyridine rings is 1. The highest BCUT2D eigenvalue weighted by molar-refractivity contribution is 9.10. The number of rotatable bonds is 3. The third kappa shape index (κ3) is 2.74. The van der Waals surface area contributed by atoms with E-state index in [1.54, 1.807) is 0 Å². The fourth-order valence-electron chi connectivity index (χ4n) is 1.24. The summed E-state index contributed by atoms with van der Waals surface area (Å²) in [7, 11) is 0. The molecule has 0 amide bonds. The topological polar surface area (TPSA) is 30.0 Å². The molecule has 16 heavy (non-hydrogen) atoms. The number of halogens is 2. The maximum absolute atomic E-state index is 12.6. The van der Waals surface area contributed by atoms with Gasteiger partial charge >= 0.3 is 0 Å². The third-order valence-corrected chi connectivity index (χ3v) is 3.67. The summed E-state index contributed by atoms with van der Waals surface area (Å²) in [4.78, 5) is 16.5. The number of hydrogen-bond acceptors (Lipinski definition) is 3. The van der Waals surface area contributed by atoms with Crippen molar-refractivity contribution >= 4 is 33.0 Å². The summed E-state index contributed by atoms with van der Waals surface area (Å²) in [6.45, 7) is 0. The van der Waals surface area contributed by atoms with Crippen molar-refractivity contribution in [3.8, 4) is 0 Å². The molecule has 2 nitrogen and oxygen atoms in total. The zero-order valence-electron chi connectivity index (χ0n) is 8.11. The molecule has 0 aromatic carbocycles. The largest absolute Gasteiger partial charge is 0.292 e. The van der Waals surface area contributed by atoms with E-state index in [0.29, 0.717) is 12.1 Å². The van der Waals surface area contributed by atoms with Crippen LogP contribution in [0.15, 0.2) is 34.2 Å². The Bertz CT molecular complexity index is 509. The lowest BCUT2D eigenvalue weighted by atomic mass is 10.2.